The molecule has 3 N–H and O–H groups in total. The van der Waals surface area contributed by atoms with Crippen molar-refractivity contribution in [3.05, 3.63) is 33.9 Å². The van der Waals surface area contributed by atoms with E-state index in [1.807, 2.05) is 6.07 Å². The number of hydrazine groups is 1. The molecule has 0 aliphatic carbocycles. The van der Waals surface area contributed by atoms with Crippen molar-refractivity contribution in [1.29, 1.82) is 0 Å². The lowest BCUT2D eigenvalue weighted by atomic mass is 9.97. The van der Waals surface area contributed by atoms with Gasteiger partial charge in [0, 0.05) is 18.7 Å². The third kappa shape index (κ3) is 3.92. The number of nitrogen functional groups attached to an aromatic ring is 1. The van der Waals surface area contributed by atoms with Gasteiger partial charge in [0.1, 0.15) is 5.69 Å². The zero-order valence-electron chi connectivity index (χ0n) is 12.5. The number of likely N-dealkylation sites (tertiary alicyclic amines) is 1. The molecule has 0 spiro atoms. The topological polar surface area (TPSA) is 84.4 Å². The van der Waals surface area contributed by atoms with E-state index >= 15 is 0 Å². The van der Waals surface area contributed by atoms with E-state index in [2.05, 4.69) is 17.2 Å². The molecule has 1 heterocycles. The van der Waals surface area contributed by atoms with Crippen molar-refractivity contribution in [1.82, 2.24) is 4.90 Å². The smallest absolute Gasteiger partial charge is 0.293 e. The van der Waals surface area contributed by atoms with Gasteiger partial charge in [0.25, 0.3) is 5.69 Å². The molecule has 1 fully saturated rings. The summed E-state index contributed by atoms with van der Waals surface area (Å²) < 4.78 is 0. The summed E-state index contributed by atoms with van der Waals surface area (Å²) in [6.07, 6.45) is 6.20. The second kappa shape index (κ2) is 7.38. The summed E-state index contributed by atoms with van der Waals surface area (Å²) >= 11 is 0. The summed E-state index contributed by atoms with van der Waals surface area (Å²) in [7, 11) is 0. The summed E-state index contributed by atoms with van der Waals surface area (Å²) in [6.45, 7) is 4.15. The van der Waals surface area contributed by atoms with Gasteiger partial charge in [-0.2, -0.15) is 0 Å². The lowest BCUT2D eigenvalue weighted by Gasteiger charge is -2.35. The first kappa shape index (κ1) is 15.7. The Bertz CT molecular complexity index is 491. The minimum atomic E-state index is -0.417. The van der Waals surface area contributed by atoms with E-state index in [0.717, 1.165) is 18.7 Å². The Balaban J connectivity index is 2.12. The molecule has 1 aromatic carbocycles. The Morgan fingerprint density at radius 2 is 2.29 bits per heavy atom. The minimum absolute atomic E-state index is 0.0185. The second-order valence-electron chi connectivity index (χ2n) is 5.66. The van der Waals surface area contributed by atoms with Crippen LogP contribution in [0.2, 0.25) is 0 Å². The van der Waals surface area contributed by atoms with Gasteiger partial charge in [-0.3, -0.25) is 20.9 Å². The third-order valence-electron chi connectivity index (χ3n) is 4.17. The molecule has 1 aliphatic heterocycles. The van der Waals surface area contributed by atoms with Gasteiger partial charge >= 0.3 is 0 Å². The van der Waals surface area contributed by atoms with E-state index in [1.165, 1.54) is 38.2 Å². The maximum absolute atomic E-state index is 10.9. The van der Waals surface area contributed by atoms with E-state index in [1.54, 1.807) is 6.07 Å². The van der Waals surface area contributed by atoms with E-state index in [-0.39, 0.29) is 5.69 Å². The Kier molecular flexibility index (Phi) is 5.52. The van der Waals surface area contributed by atoms with Gasteiger partial charge < -0.3 is 5.43 Å². The zero-order valence-corrected chi connectivity index (χ0v) is 12.5. The Morgan fingerprint density at radius 3 is 2.95 bits per heavy atom. The molecule has 0 saturated carbocycles. The van der Waals surface area contributed by atoms with Crippen LogP contribution in [-0.4, -0.2) is 22.4 Å². The molecule has 1 saturated heterocycles. The van der Waals surface area contributed by atoms with Crippen molar-refractivity contribution in [2.45, 2.75) is 51.6 Å². The number of hydrogen-bond donors (Lipinski definition) is 2. The molecular weight excluding hydrogens is 268 g/mol. The third-order valence-corrected chi connectivity index (χ3v) is 4.17. The lowest BCUT2D eigenvalue weighted by Crippen LogP contribution is -2.38. The van der Waals surface area contributed by atoms with Crippen LogP contribution < -0.4 is 11.3 Å². The van der Waals surface area contributed by atoms with Crippen LogP contribution in [-0.2, 0) is 6.54 Å². The fourth-order valence-corrected chi connectivity index (χ4v) is 3.12. The SMILES string of the molecule is CCCC1CCCCN1Cc1ccc([N+](=O)[O-])c(NN)c1. The number of nitro benzene ring substituents is 1. The molecule has 116 valence electrons. The number of hydrogen-bond acceptors (Lipinski definition) is 5. The molecule has 0 radical (unpaired) electrons. The predicted octanol–water partition coefficient (Wildman–Crippen LogP) is 3.04. The van der Waals surface area contributed by atoms with Crippen LogP contribution in [0.25, 0.3) is 0 Å². The highest BCUT2D eigenvalue weighted by molar-refractivity contribution is 5.62. The fourth-order valence-electron chi connectivity index (χ4n) is 3.12. The maximum Gasteiger partial charge on any atom is 0.293 e. The molecule has 0 bridgehead atoms. The number of nitrogens with zero attached hydrogens (tertiary/aromatic N) is 2. The van der Waals surface area contributed by atoms with E-state index < -0.39 is 4.92 Å². The van der Waals surface area contributed by atoms with Crippen molar-refractivity contribution in [2.75, 3.05) is 12.0 Å². The maximum atomic E-state index is 10.9. The highest BCUT2D eigenvalue weighted by atomic mass is 16.6. The molecule has 1 aromatic rings. The van der Waals surface area contributed by atoms with Gasteiger partial charge in [0.05, 0.1) is 4.92 Å². The number of nitrogens with two attached hydrogens (primary N) is 1. The number of piperidine rings is 1. The second-order valence-corrected chi connectivity index (χ2v) is 5.66. The molecular formula is C15H24N4O2. The average Bonchev–Trinajstić information content (AvgIpc) is 2.49. The molecule has 6 nitrogen and oxygen atoms in total. The molecule has 1 aliphatic rings. The van der Waals surface area contributed by atoms with Crippen LogP contribution >= 0.6 is 0 Å². The van der Waals surface area contributed by atoms with Crippen molar-refractivity contribution >= 4 is 11.4 Å². The normalized spacial score (nSPS) is 19.4. The van der Waals surface area contributed by atoms with Crippen molar-refractivity contribution in [3.63, 3.8) is 0 Å². The van der Waals surface area contributed by atoms with Gasteiger partial charge in [0.2, 0.25) is 0 Å². The highest BCUT2D eigenvalue weighted by Gasteiger charge is 2.22. The molecule has 1 unspecified atom stereocenters. The summed E-state index contributed by atoms with van der Waals surface area (Å²) in [5, 5.41) is 10.9. The minimum Gasteiger partial charge on any atom is -0.318 e. The molecule has 2 rings (SSSR count). The standard InChI is InChI=1S/C15H24N4O2/c1-2-5-13-6-3-4-9-18(13)11-12-7-8-15(19(20)21)14(10-12)17-16/h7-8,10,13,17H,2-6,9,11,16H2,1H3. The number of nitrogens with one attached hydrogen (secondary N) is 1. The van der Waals surface area contributed by atoms with Gasteiger partial charge in [0.15, 0.2) is 0 Å². The predicted molar refractivity (Wildman–Crippen MR) is 83.9 cm³/mol. The van der Waals surface area contributed by atoms with Crippen LogP contribution in [0.5, 0.6) is 0 Å². The first-order valence-electron chi connectivity index (χ1n) is 7.63. The molecule has 0 amide bonds. The Hall–Kier alpha value is -1.66. The number of nitro groups is 1. The van der Waals surface area contributed by atoms with E-state index in [4.69, 9.17) is 5.84 Å². The fraction of sp³-hybridized carbons (Fsp3) is 0.600. The summed E-state index contributed by atoms with van der Waals surface area (Å²) in [5.74, 6) is 5.40. The number of anilines is 1. The quantitative estimate of drug-likeness (QED) is 0.478. The first-order chi connectivity index (χ1) is 10.2. The van der Waals surface area contributed by atoms with Gasteiger partial charge in [-0.15, -0.1) is 0 Å². The van der Waals surface area contributed by atoms with Gasteiger partial charge in [-0.05, 0) is 37.4 Å². The Labute approximate surface area is 125 Å². The largest absolute Gasteiger partial charge is 0.318 e. The van der Waals surface area contributed by atoms with Crippen LogP contribution in [0, 0.1) is 10.1 Å². The van der Waals surface area contributed by atoms with Crippen molar-refractivity contribution in [2.24, 2.45) is 5.84 Å². The molecule has 21 heavy (non-hydrogen) atoms. The monoisotopic (exact) mass is 292 g/mol. The van der Waals surface area contributed by atoms with E-state index in [9.17, 15) is 10.1 Å². The zero-order chi connectivity index (χ0) is 15.2. The number of benzene rings is 1. The van der Waals surface area contributed by atoms with Gasteiger partial charge in [-0.1, -0.05) is 25.8 Å². The lowest BCUT2D eigenvalue weighted by molar-refractivity contribution is -0.384. The van der Waals surface area contributed by atoms with Crippen LogP contribution in [0.3, 0.4) is 0 Å². The molecule has 1 atom stereocenters. The first-order valence-corrected chi connectivity index (χ1v) is 7.63. The molecule has 6 heteroatoms. The summed E-state index contributed by atoms with van der Waals surface area (Å²) in [5.41, 5.74) is 3.89. The summed E-state index contributed by atoms with van der Waals surface area (Å²) in [6, 6.07) is 5.78. The summed E-state index contributed by atoms with van der Waals surface area (Å²) in [4.78, 5) is 13.0. The van der Waals surface area contributed by atoms with Crippen LogP contribution in [0.4, 0.5) is 11.4 Å². The highest BCUT2D eigenvalue weighted by Crippen LogP contribution is 2.27. The molecule has 0 aromatic heterocycles. The Morgan fingerprint density at radius 1 is 1.48 bits per heavy atom. The van der Waals surface area contributed by atoms with Crippen LogP contribution in [0.1, 0.15) is 44.6 Å². The van der Waals surface area contributed by atoms with E-state index in [0.29, 0.717) is 11.7 Å². The van der Waals surface area contributed by atoms with Gasteiger partial charge in [-0.25, -0.2) is 0 Å². The van der Waals surface area contributed by atoms with Crippen LogP contribution in [0.15, 0.2) is 18.2 Å². The van der Waals surface area contributed by atoms with Crippen molar-refractivity contribution in [3.8, 4) is 0 Å². The number of rotatable bonds is 6. The van der Waals surface area contributed by atoms with Crippen molar-refractivity contribution < 1.29 is 4.92 Å². The average molecular weight is 292 g/mol.